The van der Waals surface area contributed by atoms with Crippen LogP contribution in [0.2, 0.25) is 0 Å². The Balaban J connectivity index is 1.37. The molecule has 6 nitrogen and oxygen atoms in total. The van der Waals surface area contributed by atoms with Gasteiger partial charge in [-0.2, -0.15) is 0 Å². The molecule has 158 valence electrons. The third kappa shape index (κ3) is 3.07. The molecular weight excluding hydrogens is 381 g/mol. The zero-order chi connectivity index (χ0) is 20.8. The summed E-state index contributed by atoms with van der Waals surface area (Å²) in [7, 11) is 1.93. The number of hydrogen-bond donors (Lipinski definition) is 0. The third-order valence-electron chi connectivity index (χ3n) is 7.57. The second-order valence-electron chi connectivity index (χ2n) is 9.15. The van der Waals surface area contributed by atoms with E-state index in [0.29, 0.717) is 6.54 Å². The zero-order valence-corrected chi connectivity index (χ0v) is 17.4. The summed E-state index contributed by atoms with van der Waals surface area (Å²) in [5.74, 6) is 0.814. The molecule has 2 aromatic rings. The van der Waals surface area contributed by atoms with Gasteiger partial charge in [-0.25, -0.2) is 14.4 Å². The van der Waals surface area contributed by atoms with E-state index < -0.39 is 0 Å². The molecule has 0 saturated carbocycles. The summed E-state index contributed by atoms with van der Waals surface area (Å²) in [6.45, 7) is 5.07. The van der Waals surface area contributed by atoms with Crippen molar-refractivity contribution in [3.8, 4) is 0 Å². The van der Waals surface area contributed by atoms with Gasteiger partial charge in [-0.15, -0.1) is 0 Å². The lowest BCUT2D eigenvalue weighted by Gasteiger charge is -2.46. The summed E-state index contributed by atoms with van der Waals surface area (Å²) in [4.78, 5) is 28.9. The average Bonchev–Trinajstić information content (AvgIpc) is 3.25. The summed E-state index contributed by atoms with van der Waals surface area (Å²) in [5, 5.41) is 0. The van der Waals surface area contributed by atoms with Crippen LogP contribution in [-0.2, 0) is 11.3 Å². The van der Waals surface area contributed by atoms with Gasteiger partial charge in [0.2, 0.25) is 11.9 Å². The Morgan fingerprint density at radius 3 is 2.33 bits per heavy atom. The molecule has 1 atom stereocenters. The number of aromatic nitrogens is 2. The van der Waals surface area contributed by atoms with Crippen molar-refractivity contribution in [1.82, 2.24) is 19.8 Å². The fourth-order valence-electron chi connectivity index (χ4n) is 5.86. The fourth-order valence-corrected chi connectivity index (χ4v) is 5.86. The normalized spacial score (nSPS) is 26.3. The number of anilines is 1. The molecule has 1 aromatic heterocycles. The summed E-state index contributed by atoms with van der Waals surface area (Å²) in [6, 6.07) is 8.60. The SMILES string of the molecule is CN1CC[C@@]2(CN(c3ncccn3)CC23CCN(Cc2ccc(F)cc2)CC3)C1=O. The molecule has 3 saturated heterocycles. The summed E-state index contributed by atoms with van der Waals surface area (Å²) in [6.07, 6.45) is 6.42. The van der Waals surface area contributed by atoms with E-state index in [1.54, 1.807) is 12.4 Å². The minimum Gasteiger partial charge on any atom is -0.345 e. The highest BCUT2D eigenvalue weighted by atomic mass is 19.1. The Kier molecular flexibility index (Phi) is 4.73. The Hall–Kier alpha value is -2.54. The molecule has 3 fully saturated rings. The van der Waals surface area contributed by atoms with Crippen molar-refractivity contribution in [3.63, 3.8) is 0 Å². The molecule has 30 heavy (non-hydrogen) atoms. The number of carbonyl (C=O) groups is 1. The van der Waals surface area contributed by atoms with Crippen LogP contribution in [0.25, 0.3) is 0 Å². The minimum atomic E-state index is -0.344. The highest BCUT2D eigenvalue weighted by Crippen LogP contribution is 2.58. The van der Waals surface area contributed by atoms with E-state index in [0.717, 1.165) is 63.5 Å². The first-order chi connectivity index (χ1) is 14.5. The van der Waals surface area contributed by atoms with Gasteiger partial charge >= 0.3 is 0 Å². The van der Waals surface area contributed by atoms with Gasteiger partial charge in [0.1, 0.15) is 5.82 Å². The molecule has 0 unspecified atom stereocenters. The van der Waals surface area contributed by atoms with Crippen LogP contribution in [0, 0.1) is 16.6 Å². The number of nitrogens with zero attached hydrogens (tertiary/aromatic N) is 5. The number of fused-ring (bicyclic) bond motifs is 1. The lowest BCUT2D eigenvalue weighted by molar-refractivity contribution is -0.141. The van der Waals surface area contributed by atoms with Crippen molar-refractivity contribution >= 4 is 11.9 Å². The zero-order valence-electron chi connectivity index (χ0n) is 17.4. The van der Waals surface area contributed by atoms with E-state index in [4.69, 9.17) is 0 Å². The molecule has 0 aliphatic carbocycles. The van der Waals surface area contributed by atoms with Gasteiger partial charge < -0.3 is 9.80 Å². The summed E-state index contributed by atoms with van der Waals surface area (Å²) < 4.78 is 13.2. The van der Waals surface area contributed by atoms with Gasteiger partial charge in [0.25, 0.3) is 0 Å². The quantitative estimate of drug-likeness (QED) is 0.780. The maximum absolute atomic E-state index is 13.4. The van der Waals surface area contributed by atoms with Gasteiger partial charge in [-0.05, 0) is 56.1 Å². The van der Waals surface area contributed by atoms with E-state index in [-0.39, 0.29) is 22.6 Å². The number of piperidine rings is 1. The standard InChI is InChI=1S/C23H28FN5O/c1-27-12-9-23(20(27)30)17-29(21-25-10-2-11-26-21)16-22(23)7-13-28(14-8-22)15-18-3-5-19(24)6-4-18/h2-6,10-11H,7-9,12-17H2,1H3/t23-/m1/s1. The minimum absolute atomic E-state index is 0.0483. The molecule has 4 heterocycles. The number of benzene rings is 1. The first-order valence-electron chi connectivity index (χ1n) is 10.8. The highest BCUT2D eigenvalue weighted by molar-refractivity contribution is 5.87. The molecule has 0 radical (unpaired) electrons. The Morgan fingerprint density at radius 2 is 1.70 bits per heavy atom. The van der Waals surface area contributed by atoms with E-state index in [2.05, 4.69) is 19.8 Å². The summed E-state index contributed by atoms with van der Waals surface area (Å²) in [5.41, 5.74) is 0.737. The molecule has 0 bridgehead atoms. The molecule has 5 rings (SSSR count). The second kappa shape index (κ2) is 7.30. The lowest BCUT2D eigenvalue weighted by atomic mass is 9.60. The van der Waals surface area contributed by atoms with E-state index >= 15 is 0 Å². The van der Waals surface area contributed by atoms with Crippen molar-refractivity contribution in [3.05, 3.63) is 54.1 Å². The smallest absolute Gasteiger partial charge is 0.231 e. The van der Waals surface area contributed by atoms with Gasteiger partial charge in [0.05, 0.1) is 5.41 Å². The van der Waals surface area contributed by atoms with Gasteiger partial charge in [-0.3, -0.25) is 9.69 Å². The predicted molar refractivity (Wildman–Crippen MR) is 112 cm³/mol. The fraction of sp³-hybridized carbons (Fsp3) is 0.522. The predicted octanol–water partition coefficient (Wildman–Crippen LogP) is 2.57. The highest BCUT2D eigenvalue weighted by Gasteiger charge is 2.65. The van der Waals surface area contributed by atoms with Crippen LogP contribution in [0.15, 0.2) is 42.7 Å². The molecule has 7 heteroatoms. The van der Waals surface area contributed by atoms with Crippen LogP contribution in [-0.4, -0.2) is 65.4 Å². The van der Waals surface area contributed by atoms with Crippen LogP contribution in [0.1, 0.15) is 24.8 Å². The van der Waals surface area contributed by atoms with Crippen LogP contribution in [0.5, 0.6) is 0 Å². The monoisotopic (exact) mass is 409 g/mol. The first-order valence-corrected chi connectivity index (χ1v) is 10.8. The number of halogens is 1. The summed E-state index contributed by atoms with van der Waals surface area (Å²) >= 11 is 0. The molecular formula is C23H28FN5O. The van der Waals surface area contributed by atoms with Crippen molar-refractivity contribution < 1.29 is 9.18 Å². The van der Waals surface area contributed by atoms with Gasteiger partial charge in [-0.1, -0.05) is 12.1 Å². The molecule has 3 aliphatic heterocycles. The van der Waals surface area contributed by atoms with Crippen LogP contribution < -0.4 is 4.90 Å². The number of likely N-dealkylation sites (tertiary alicyclic amines) is 2. The van der Waals surface area contributed by atoms with E-state index in [1.165, 1.54) is 12.1 Å². The Bertz CT molecular complexity index is 913. The van der Waals surface area contributed by atoms with Crippen molar-refractivity contribution in [2.75, 3.05) is 44.7 Å². The van der Waals surface area contributed by atoms with Crippen molar-refractivity contribution in [1.29, 1.82) is 0 Å². The third-order valence-corrected chi connectivity index (χ3v) is 7.57. The van der Waals surface area contributed by atoms with Crippen LogP contribution >= 0.6 is 0 Å². The van der Waals surface area contributed by atoms with Gasteiger partial charge in [0, 0.05) is 51.0 Å². The maximum Gasteiger partial charge on any atom is 0.231 e. The number of carbonyl (C=O) groups excluding carboxylic acids is 1. The average molecular weight is 410 g/mol. The second-order valence-corrected chi connectivity index (χ2v) is 9.15. The Morgan fingerprint density at radius 1 is 1.00 bits per heavy atom. The van der Waals surface area contributed by atoms with Gasteiger partial charge in [0.15, 0.2) is 0 Å². The Labute approximate surface area is 176 Å². The molecule has 0 N–H and O–H groups in total. The van der Waals surface area contributed by atoms with E-state index in [9.17, 15) is 9.18 Å². The largest absolute Gasteiger partial charge is 0.345 e. The van der Waals surface area contributed by atoms with Crippen molar-refractivity contribution in [2.24, 2.45) is 10.8 Å². The number of hydrogen-bond acceptors (Lipinski definition) is 5. The van der Waals surface area contributed by atoms with E-state index in [1.807, 2.05) is 30.1 Å². The number of rotatable bonds is 3. The number of amides is 1. The van der Waals surface area contributed by atoms with Crippen LogP contribution in [0.3, 0.4) is 0 Å². The first kappa shape index (κ1) is 19.4. The lowest BCUT2D eigenvalue weighted by Crippen LogP contribution is -2.52. The maximum atomic E-state index is 13.4. The topological polar surface area (TPSA) is 52.6 Å². The molecule has 3 aliphatic rings. The van der Waals surface area contributed by atoms with Crippen LogP contribution in [0.4, 0.5) is 10.3 Å². The molecule has 2 spiro atoms. The molecule has 1 amide bonds. The van der Waals surface area contributed by atoms with Crippen molar-refractivity contribution in [2.45, 2.75) is 25.8 Å². The molecule has 1 aromatic carbocycles.